The van der Waals surface area contributed by atoms with Gasteiger partial charge in [0.1, 0.15) is 11.5 Å². The van der Waals surface area contributed by atoms with Crippen LogP contribution in [0.4, 0.5) is 0 Å². The summed E-state index contributed by atoms with van der Waals surface area (Å²) >= 11 is 0. The summed E-state index contributed by atoms with van der Waals surface area (Å²) in [5.41, 5.74) is 6.76. The lowest BCUT2D eigenvalue weighted by Gasteiger charge is -2.08. The van der Waals surface area contributed by atoms with Gasteiger partial charge in [-0.3, -0.25) is 10.4 Å². The summed E-state index contributed by atoms with van der Waals surface area (Å²) in [5, 5.41) is 7.41. The van der Waals surface area contributed by atoms with Crippen molar-refractivity contribution in [2.24, 2.45) is 5.73 Å². The van der Waals surface area contributed by atoms with Gasteiger partial charge < -0.3 is 19.9 Å². The van der Waals surface area contributed by atoms with Gasteiger partial charge in [-0.1, -0.05) is 6.07 Å². The van der Waals surface area contributed by atoms with E-state index in [1.165, 1.54) is 0 Å². The van der Waals surface area contributed by atoms with Crippen LogP contribution in [0.1, 0.15) is 17.7 Å². The average molecular weight is 267 g/mol. The maximum Gasteiger partial charge on any atom is 0.142 e. The Bertz CT molecular complexity index is 385. The molecule has 0 aliphatic carbocycles. The highest BCUT2D eigenvalue weighted by atomic mass is 16.5. The van der Waals surface area contributed by atoms with Gasteiger partial charge in [-0.05, 0) is 12.5 Å². The summed E-state index contributed by atoms with van der Waals surface area (Å²) in [7, 11) is 1.65. The minimum atomic E-state index is -0.0397. The van der Waals surface area contributed by atoms with E-state index in [4.69, 9.17) is 25.4 Å². The molecule has 1 aromatic heterocycles. The highest BCUT2D eigenvalue weighted by Crippen LogP contribution is 2.06. The molecule has 0 aromatic carbocycles. The molecule has 6 nitrogen and oxygen atoms in total. The monoisotopic (exact) mass is 267 g/mol. The first-order valence-electron chi connectivity index (χ1n) is 6.18. The van der Waals surface area contributed by atoms with Crippen molar-refractivity contribution in [2.45, 2.75) is 13.0 Å². The number of methoxy groups -OCH3 is 1. The second kappa shape index (κ2) is 9.43. The van der Waals surface area contributed by atoms with E-state index in [0.29, 0.717) is 38.7 Å². The van der Waals surface area contributed by atoms with Gasteiger partial charge in [0.25, 0.3) is 0 Å². The summed E-state index contributed by atoms with van der Waals surface area (Å²) in [6.07, 6.45) is 2.43. The highest BCUT2D eigenvalue weighted by molar-refractivity contribution is 5.94. The van der Waals surface area contributed by atoms with Crippen molar-refractivity contribution in [3.05, 3.63) is 29.6 Å². The standard InChI is InChI=1S/C13H21N3O3/c1-17-8-9-18-6-3-7-19-10-11-4-2-5-16-12(11)13(14)15/h2,4-5H,3,6-10H2,1H3,(H3,14,15). The van der Waals surface area contributed by atoms with Crippen LogP contribution in [-0.4, -0.2) is 44.4 Å². The van der Waals surface area contributed by atoms with Gasteiger partial charge in [0.15, 0.2) is 0 Å². The number of rotatable bonds is 10. The Morgan fingerprint density at radius 1 is 1.26 bits per heavy atom. The minimum Gasteiger partial charge on any atom is -0.382 e. The van der Waals surface area contributed by atoms with Crippen molar-refractivity contribution in [3.63, 3.8) is 0 Å². The normalized spacial score (nSPS) is 10.6. The molecular weight excluding hydrogens is 246 g/mol. The first kappa shape index (κ1) is 15.6. The summed E-state index contributed by atoms with van der Waals surface area (Å²) in [4.78, 5) is 4.06. The molecule has 6 heteroatoms. The predicted molar refractivity (Wildman–Crippen MR) is 72.2 cm³/mol. The minimum absolute atomic E-state index is 0.0397. The van der Waals surface area contributed by atoms with Gasteiger partial charge in [0.05, 0.1) is 19.8 Å². The molecule has 0 spiro atoms. The van der Waals surface area contributed by atoms with Crippen LogP contribution in [0.25, 0.3) is 0 Å². The predicted octanol–water partition coefficient (Wildman–Crippen LogP) is 0.935. The lowest BCUT2D eigenvalue weighted by atomic mass is 10.2. The van der Waals surface area contributed by atoms with Crippen molar-refractivity contribution < 1.29 is 14.2 Å². The summed E-state index contributed by atoms with van der Waals surface area (Å²) < 4.78 is 15.7. The zero-order valence-electron chi connectivity index (χ0n) is 11.2. The van der Waals surface area contributed by atoms with Crippen LogP contribution < -0.4 is 5.73 Å². The van der Waals surface area contributed by atoms with Gasteiger partial charge in [-0.2, -0.15) is 0 Å². The third-order valence-electron chi connectivity index (χ3n) is 2.41. The van der Waals surface area contributed by atoms with E-state index in [-0.39, 0.29) is 5.84 Å². The summed E-state index contributed by atoms with van der Waals surface area (Å²) in [6, 6.07) is 3.66. The number of nitrogens with zero attached hydrogens (tertiary/aromatic N) is 1. The van der Waals surface area contributed by atoms with Crippen molar-refractivity contribution in [3.8, 4) is 0 Å². The fourth-order valence-electron chi connectivity index (χ4n) is 1.49. The number of nitrogens with two attached hydrogens (primary N) is 1. The zero-order chi connectivity index (χ0) is 13.9. The number of aromatic nitrogens is 1. The van der Waals surface area contributed by atoms with Crippen LogP contribution in [0.2, 0.25) is 0 Å². The van der Waals surface area contributed by atoms with Crippen molar-refractivity contribution in [2.75, 3.05) is 33.5 Å². The first-order chi connectivity index (χ1) is 9.25. The molecule has 0 bridgehead atoms. The maximum absolute atomic E-state index is 7.41. The average Bonchev–Trinajstić information content (AvgIpc) is 2.42. The van der Waals surface area contributed by atoms with Crippen molar-refractivity contribution >= 4 is 5.84 Å². The molecule has 0 aliphatic rings. The van der Waals surface area contributed by atoms with Gasteiger partial charge in [0, 0.05) is 32.1 Å². The molecule has 3 N–H and O–H groups in total. The van der Waals surface area contributed by atoms with Crippen LogP contribution in [0.15, 0.2) is 18.3 Å². The smallest absolute Gasteiger partial charge is 0.142 e. The van der Waals surface area contributed by atoms with E-state index in [1.54, 1.807) is 19.4 Å². The number of pyridine rings is 1. The van der Waals surface area contributed by atoms with Crippen LogP contribution in [0.5, 0.6) is 0 Å². The van der Waals surface area contributed by atoms with Crippen molar-refractivity contribution in [1.29, 1.82) is 5.41 Å². The molecule has 0 unspecified atom stereocenters. The Balaban J connectivity index is 2.17. The Morgan fingerprint density at radius 3 is 2.79 bits per heavy atom. The quantitative estimate of drug-likeness (QED) is 0.374. The SMILES string of the molecule is COCCOCCCOCc1cccnc1C(=N)N. The van der Waals surface area contributed by atoms with Crippen molar-refractivity contribution in [1.82, 2.24) is 4.98 Å². The lowest BCUT2D eigenvalue weighted by molar-refractivity contribution is 0.0483. The fraction of sp³-hybridized carbons (Fsp3) is 0.538. The number of hydrogen-bond acceptors (Lipinski definition) is 5. The molecule has 0 saturated carbocycles. The van der Waals surface area contributed by atoms with E-state index >= 15 is 0 Å². The van der Waals surface area contributed by atoms with E-state index in [0.717, 1.165) is 12.0 Å². The van der Waals surface area contributed by atoms with Gasteiger partial charge in [-0.15, -0.1) is 0 Å². The molecule has 0 atom stereocenters. The number of hydrogen-bond donors (Lipinski definition) is 2. The summed E-state index contributed by atoms with van der Waals surface area (Å²) in [6.45, 7) is 2.86. The third kappa shape index (κ3) is 6.28. The Kier molecular flexibility index (Phi) is 7.72. The Labute approximate surface area is 113 Å². The topological polar surface area (TPSA) is 90.5 Å². The molecular formula is C13H21N3O3. The number of nitrogens with one attached hydrogen (secondary N) is 1. The zero-order valence-corrected chi connectivity index (χ0v) is 11.2. The van der Waals surface area contributed by atoms with E-state index in [9.17, 15) is 0 Å². The molecule has 0 fully saturated rings. The molecule has 106 valence electrons. The van der Waals surface area contributed by atoms with Crippen LogP contribution in [-0.2, 0) is 20.8 Å². The van der Waals surface area contributed by atoms with Gasteiger partial charge >= 0.3 is 0 Å². The molecule has 1 heterocycles. The van der Waals surface area contributed by atoms with Crippen LogP contribution in [0, 0.1) is 5.41 Å². The summed E-state index contributed by atoms with van der Waals surface area (Å²) in [5.74, 6) is -0.0397. The second-order valence-corrected chi connectivity index (χ2v) is 3.94. The molecule has 1 aromatic rings. The van der Waals surface area contributed by atoms with Gasteiger partial charge in [0.2, 0.25) is 0 Å². The number of amidine groups is 1. The van der Waals surface area contributed by atoms with Crippen LogP contribution >= 0.6 is 0 Å². The van der Waals surface area contributed by atoms with E-state index in [1.807, 2.05) is 6.07 Å². The maximum atomic E-state index is 7.41. The highest BCUT2D eigenvalue weighted by Gasteiger charge is 2.05. The Hall–Kier alpha value is -1.50. The lowest BCUT2D eigenvalue weighted by Crippen LogP contribution is -2.16. The van der Waals surface area contributed by atoms with Crippen LogP contribution in [0.3, 0.4) is 0 Å². The number of ether oxygens (including phenoxy) is 3. The molecule has 19 heavy (non-hydrogen) atoms. The van der Waals surface area contributed by atoms with E-state index in [2.05, 4.69) is 4.98 Å². The second-order valence-electron chi connectivity index (χ2n) is 3.94. The first-order valence-corrected chi connectivity index (χ1v) is 6.18. The molecule has 0 amide bonds. The molecule has 0 radical (unpaired) electrons. The molecule has 1 rings (SSSR count). The largest absolute Gasteiger partial charge is 0.382 e. The molecule has 0 saturated heterocycles. The van der Waals surface area contributed by atoms with E-state index < -0.39 is 0 Å². The fourth-order valence-corrected chi connectivity index (χ4v) is 1.49. The van der Waals surface area contributed by atoms with Gasteiger partial charge in [-0.25, -0.2) is 0 Å². The number of nitrogen functional groups attached to an aromatic ring is 1. The Morgan fingerprint density at radius 2 is 2.05 bits per heavy atom. The third-order valence-corrected chi connectivity index (χ3v) is 2.41. The molecule has 0 aliphatic heterocycles.